The minimum atomic E-state index is -0.274. The van der Waals surface area contributed by atoms with Gasteiger partial charge in [0.25, 0.3) is 0 Å². The first kappa shape index (κ1) is 12.5. The fourth-order valence-corrected chi connectivity index (χ4v) is 2.13. The molecule has 0 N–H and O–H groups in total. The van der Waals surface area contributed by atoms with Gasteiger partial charge in [0.2, 0.25) is 0 Å². The fraction of sp³-hybridized carbons (Fsp3) is 0.125. The highest BCUT2D eigenvalue weighted by Gasteiger charge is 2.12. The molecule has 0 saturated heterocycles. The second-order valence-electron chi connectivity index (χ2n) is 4.36. The smallest absolute Gasteiger partial charge is 0.142 e. The van der Waals surface area contributed by atoms with Crippen LogP contribution in [0.1, 0.15) is 0 Å². The van der Waals surface area contributed by atoms with Crippen LogP contribution in [0.4, 0.5) is 4.39 Å². The van der Waals surface area contributed by atoms with Crippen molar-refractivity contribution in [3.8, 4) is 22.8 Å². The van der Waals surface area contributed by atoms with Gasteiger partial charge in [0.1, 0.15) is 28.7 Å². The molecule has 0 unspecified atom stereocenters. The lowest BCUT2D eigenvalue weighted by Gasteiger charge is -2.04. The molecular formula is C16H13FO3. The van der Waals surface area contributed by atoms with E-state index in [2.05, 4.69) is 0 Å². The molecule has 2 aromatic carbocycles. The summed E-state index contributed by atoms with van der Waals surface area (Å²) in [6.45, 7) is 0. The Morgan fingerprint density at radius 3 is 2.35 bits per heavy atom. The topological polar surface area (TPSA) is 31.6 Å². The van der Waals surface area contributed by atoms with Crippen LogP contribution >= 0.6 is 0 Å². The Balaban J connectivity index is 2.16. The van der Waals surface area contributed by atoms with E-state index in [0.29, 0.717) is 22.8 Å². The van der Waals surface area contributed by atoms with Crippen molar-refractivity contribution in [2.45, 2.75) is 0 Å². The molecule has 0 aliphatic carbocycles. The average molecular weight is 272 g/mol. The molecule has 0 amide bonds. The molecule has 0 fully saturated rings. The second-order valence-corrected chi connectivity index (χ2v) is 4.36. The number of hydrogen-bond acceptors (Lipinski definition) is 3. The maximum atomic E-state index is 13.0. The first-order chi connectivity index (χ1) is 9.71. The van der Waals surface area contributed by atoms with Crippen LogP contribution in [0.15, 0.2) is 46.9 Å². The summed E-state index contributed by atoms with van der Waals surface area (Å²) in [5, 5.41) is 0.854. The highest BCUT2D eigenvalue weighted by atomic mass is 19.1. The molecule has 0 saturated carbocycles. The maximum absolute atomic E-state index is 13.0. The van der Waals surface area contributed by atoms with Gasteiger partial charge in [0.05, 0.1) is 19.6 Å². The molecule has 3 nitrogen and oxygen atoms in total. The number of benzene rings is 2. The SMILES string of the molecule is COc1cc(OC)c2cc(-c3ccc(F)cc3)oc2c1. The summed E-state index contributed by atoms with van der Waals surface area (Å²) in [4.78, 5) is 0. The molecule has 0 atom stereocenters. The van der Waals surface area contributed by atoms with Crippen molar-refractivity contribution in [3.63, 3.8) is 0 Å². The normalized spacial score (nSPS) is 10.8. The Hall–Kier alpha value is -2.49. The summed E-state index contributed by atoms with van der Waals surface area (Å²) in [6, 6.07) is 11.6. The summed E-state index contributed by atoms with van der Waals surface area (Å²) in [6.07, 6.45) is 0. The van der Waals surface area contributed by atoms with E-state index in [0.717, 1.165) is 10.9 Å². The van der Waals surface area contributed by atoms with Gasteiger partial charge in [0, 0.05) is 17.7 Å². The van der Waals surface area contributed by atoms with Gasteiger partial charge >= 0.3 is 0 Å². The Morgan fingerprint density at radius 1 is 0.950 bits per heavy atom. The van der Waals surface area contributed by atoms with Crippen LogP contribution in [0.5, 0.6) is 11.5 Å². The molecule has 1 heterocycles. The van der Waals surface area contributed by atoms with Gasteiger partial charge in [-0.05, 0) is 30.3 Å². The lowest BCUT2D eigenvalue weighted by Crippen LogP contribution is -1.86. The Kier molecular flexibility index (Phi) is 3.06. The number of halogens is 1. The van der Waals surface area contributed by atoms with Crippen molar-refractivity contribution < 1.29 is 18.3 Å². The fourth-order valence-electron chi connectivity index (χ4n) is 2.13. The van der Waals surface area contributed by atoms with E-state index in [-0.39, 0.29) is 5.82 Å². The summed E-state index contributed by atoms with van der Waals surface area (Å²) in [5.41, 5.74) is 1.48. The number of fused-ring (bicyclic) bond motifs is 1. The molecule has 3 aromatic rings. The van der Waals surface area contributed by atoms with Crippen LogP contribution in [0.25, 0.3) is 22.3 Å². The van der Waals surface area contributed by atoms with Gasteiger partial charge in [-0.25, -0.2) is 4.39 Å². The maximum Gasteiger partial charge on any atom is 0.142 e. The van der Waals surface area contributed by atoms with E-state index < -0.39 is 0 Å². The third kappa shape index (κ3) is 2.09. The summed E-state index contributed by atoms with van der Waals surface area (Å²) < 4.78 is 29.3. The van der Waals surface area contributed by atoms with Crippen LogP contribution in [0, 0.1) is 5.82 Å². The minimum Gasteiger partial charge on any atom is -0.496 e. The second kappa shape index (κ2) is 4.89. The largest absolute Gasteiger partial charge is 0.496 e. The number of rotatable bonds is 3. The zero-order valence-electron chi connectivity index (χ0n) is 11.1. The first-order valence-electron chi connectivity index (χ1n) is 6.13. The highest BCUT2D eigenvalue weighted by molar-refractivity contribution is 5.89. The molecule has 4 heteroatoms. The molecule has 0 spiro atoms. The molecule has 0 radical (unpaired) electrons. The van der Waals surface area contributed by atoms with Crippen molar-refractivity contribution in [1.82, 2.24) is 0 Å². The zero-order valence-corrected chi connectivity index (χ0v) is 11.1. The molecular weight excluding hydrogens is 259 g/mol. The third-order valence-electron chi connectivity index (χ3n) is 3.16. The predicted molar refractivity (Wildman–Crippen MR) is 74.7 cm³/mol. The Bertz CT molecular complexity index is 744. The minimum absolute atomic E-state index is 0.274. The molecule has 0 aliphatic rings. The summed E-state index contributed by atoms with van der Waals surface area (Å²) in [5.74, 6) is 1.72. The Labute approximate surface area is 115 Å². The monoisotopic (exact) mass is 272 g/mol. The molecule has 3 rings (SSSR count). The number of furan rings is 1. The van der Waals surface area contributed by atoms with Gasteiger partial charge < -0.3 is 13.9 Å². The van der Waals surface area contributed by atoms with E-state index >= 15 is 0 Å². The lowest BCUT2D eigenvalue weighted by molar-refractivity contribution is 0.397. The van der Waals surface area contributed by atoms with Crippen molar-refractivity contribution in [2.24, 2.45) is 0 Å². The van der Waals surface area contributed by atoms with E-state index in [9.17, 15) is 4.39 Å². The number of hydrogen-bond donors (Lipinski definition) is 0. The van der Waals surface area contributed by atoms with Crippen LogP contribution in [0.2, 0.25) is 0 Å². The predicted octanol–water partition coefficient (Wildman–Crippen LogP) is 4.26. The molecule has 0 bridgehead atoms. The van der Waals surface area contributed by atoms with Gasteiger partial charge in [-0.3, -0.25) is 0 Å². The highest BCUT2D eigenvalue weighted by Crippen LogP contribution is 2.36. The molecule has 102 valence electrons. The van der Waals surface area contributed by atoms with Crippen molar-refractivity contribution in [2.75, 3.05) is 14.2 Å². The van der Waals surface area contributed by atoms with Crippen molar-refractivity contribution in [3.05, 3.63) is 48.3 Å². The molecule has 1 aromatic heterocycles. The van der Waals surface area contributed by atoms with Crippen molar-refractivity contribution in [1.29, 1.82) is 0 Å². The van der Waals surface area contributed by atoms with Crippen molar-refractivity contribution >= 4 is 11.0 Å². The van der Waals surface area contributed by atoms with E-state index in [1.165, 1.54) is 12.1 Å². The van der Waals surface area contributed by atoms with E-state index in [4.69, 9.17) is 13.9 Å². The summed E-state index contributed by atoms with van der Waals surface area (Å²) >= 11 is 0. The standard InChI is InChI=1S/C16H13FO3/c1-18-12-7-15(19-2)13-9-14(20-16(13)8-12)10-3-5-11(17)6-4-10/h3-9H,1-2H3. The van der Waals surface area contributed by atoms with Gasteiger partial charge in [-0.2, -0.15) is 0 Å². The van der Waals surface area contributed by atoms with Gasteiger partial charge in [-0.15, -0.1) is 0 Å². The van der Waals surface area contributed by atoms with Crippen LogP contribution in [0.3, 0.4) is 0 Å². The van der Waals surface area contributed by atoms with E-state index in [1.54, 1.807) is 38.5 Å². The zero-order chi connectivity index (χ0) is 14.1. The Morgan fingerprint density at radius 2 is 1.70 bits per heavy atom. The van der Waals surface area contributed by atoms with Crippen LogP contribution in [-0.2, 0) is 0 Å². The van der Waals surface area contributed by atoms with Gasteiger partial charge in [0.15, 0.2) is 0 Å². The number of methoxy groups -OCH3 is 2. The van der Waals surface area contributed by atoms with Gasteiger partial charge in [-0.1, -0.05) is 0 Å². The lowest BCUT2D eigenvalue weighted by atomic mass is 10.1. The average Bonchev–Trinajstić information content (AvgIpc) is 2.90. The van der Waals surface area contributed by atoms with Crippen LogP contribution in [-0.4, -0.2) is 14.2 Å². The first-order valence-corrected chi connectivity index (χ1v) is 6.13. The quantitative estimate of drug-likeness (QED) is 0.714. The van der Waals surface area contributed by atoms with E-state index in [1.807, 2.05) is 6.07 Å². The molecule has 0 aliphatic heterocycles. The van der Waals surface area contributed by atoms with Crippen LogP contribution < -0.4 is 9.47 Å². The molecule has 20 heavy (non-hydrogen) atoms. The summed E-state index contributed by atoms with van der Waals surface area (Å²) in [7, 11) is 3.18. The number of ether oxygens (including phenoxy) is 2. The third-order valence-corrected chi connectivity index (χ3v) is 3.16.